The third-order valence-corrected chi connectivity index (χ3v) is 4.85. The van der Waals surface area contributed by atoms with E-state index in [9.17, 15) is 0 Å². The van der Waals surface area contributed by atoms with Gasteiger partial charge in [-0.05, 0) is 42.7 Å². The molecule has 0 saturated carbocycles. The Kier molecular flexibility index (Phi) is 5.82. The Bertz CT molecular complexity index is 813. The van der Waals surface area contributed by atoms with Gasteiger partial charge in [0.05, 0.1) is 30.9 Å². The molecule has 27 heavy (non-hydrogen) atoms. The quantitative estimate of drug-likeness (QED) is 0.677. The number of H-pyrrole nitrogens is 1. The van der Waals surface area contributed by atoms with Crippen molar-refractivity contribution in [2.75, 3.05) is 13.1 Å². The van der Waals surface area contributed by atoms with E-state index in [1.807, 2.05) is 42.6 Å². The molecule has 0 aliphatic carbocycles. The molecule has 5 nitrogen and oxygen atoms in total. The number of aromatic nitrogens is 2. The summed E-state index contributed by atoms with van der Waals surface area (Å²) >= 11 is 0. The zero-order valence-corrected chi connectivity index (χ0v) is 15.4. The molecule has 140 valence electrons. The van der Waals surface area contributed by atoms with Crippen LogP contribution in [0.3, 0.4) is 0 Å². The highest BCUT2D eigenvalue weighted by molar-refractivity contribution is 5.33. The van der Waals surface area contributed by atoms with Crippen LogP contribution in [0.1, 0.15) is 24.1 Å². The maximum atomic E-state index is 5.99. The summed E-state index contributed by atoms with van der Waals surface area (Å²) in [5.41, 5.74) is 2.31. The van der Waals surface area contributed by atoms with Gasteiger partial charge in [-0.2, -0.15) is 0 Å². The fraction of sp³-hybridized carbons (Fsp3) is 0.318. The van der Waals surface area contributed by atoms with E-state index in [4.69, 9.17) is 9.47 Å². The molecule has 0 bridgehead atoms. The van der Waals surface area contributed by atoms with Crippen molar-refractivity contribution in [2.45, 2.75) is 32.1 Å². The van der Waals surface area contributed by atoms with Crippen molar-refractivity contribution < 1.29 is 9.47 Å². The highest BCUT2D eigenvalue weighted by Crippen LogP contribution is 2.23. The molecule has 2 heterocycles. The number of imidazole rings is 1. The molecule has 1 aromatic heterocycles. The summed E-state index contributed by atoms with van der Waals surface area (Å²) in [6.45, 7) is 3.66. The van der Waals surface area contributed by atoms with E-state index in [1.54, 1.807) is 6.33 Å². The molecule has 1 fully saturated rings. The first-order valence-corrected chi connectivity index (χ1v) is 9.48. The topological polar surface area (TPSA) is 50.4 Å². The second kappa shape index (κ2) is 8.84. The van der Waals surface area contributed by atoms with Crippen LogP contribution in [0, 0.1) is 0 Å². The molecule has 4 rings (SSSR count). The van der Waals surface area contributed by atoms with Gasteiger partial charge in [0.25, 0.3) is 0 Å². The summed E-state index contributed by atoms with van der Waals surface area (Å²) in [5, 5.41) is 0. The van der Waals surface area contributed by atoms with Crippen LogP contribution in [0.2, 0.25) is 0 Å². The summed E-state index contributed by atoms with van der Waals surface area (Å²) in [7, 11) is 0. The van der Waals surface area contributed by atoms with Crippen molar-refractivity contribution >= 4 is 0 Å². The van der Waals surface area contributed by atoms with E-state index in [1.165, 1.54) is 5.56 Å². The van der Waals surface area contributed by atoms with Gasteiger partial charge < -0.3 is 14.5 Å². The number of aromatic amines is 1. The Morgan fingerprint density at radius 1 is 1.00 bits per heavy atom. The van der Waals surface area contributed by atoms with Gasteiger partial charge in [0.1, 0.15) is 11.5 Å². The van der Waals surface area contributed by atoms with Gasteiger partial charge in [0.2, 0.25) is 0 Å². The second-order valence-electron chi connectivity index (χ2n) is 6.93. The minimum absolute atomic E-state index is 0.331. The lowest BCUT2D eigenvalue weighted by Gasteiger charge is -2.31. The molecule has 1 aliphatic heterocycles. The minimum Gasteiger partial charge on any atom is -0.457 e. The van der Waals surface area contributed by atoms with Gasteiger partial charge in [-0.1, -0.05) is 30.3 Å². The summed E-state index contributed by atoms with van der Waals surface area (Å²) in [4.78, 5) is 9.59. The maximum absolute atomic E-state index is 5.99. The van der Waals surface area contributed by atoms with Crippen molar-refractivity contribution in [3.05, 3.63) is 78.4 Å². The normalized spacial score (nSPS) is 15.7. The molecule has 0 atom stereocenters. The summed E-state index contributed by atoms with van der Waals surface area (Å²) in [6, 6.07) is 18.3. The molecule has 1 aliphatic rings. The van der Waals surface area contributed by atoms with Gasteiger partial charge in [0.15, 0.2) is 0 Å². The number of nitrogens with zero attached hydrogens (tertiary/aromatic N) is 2. The Hall–Kier alpha value is -2.63. The van der Waals surface area contributed by atoms with E-state index in [0.29, 0.717) is 12.7 Å². The van der Waals surface area contributed by atoms with Crippen molar-refractivity contribution in [1.29, 1.82) is 0 Å². The SMILES string of the molecule is c1ccc(Oc2cccc(CN3CCC(OCc4cnc[nH]4)CC3)c2)cc1. The molecule has 0 amide bonds. The first-order chi connectivity index (χ1) is 13.3. The lowest BCUT2D eigenvalue weighted by Crippen LogP contribution is -2.36. The molecular weight excluding hydrogens is 338 g/mol. The van der Waals surface area contributed by atoms with E-state index in [0.717, 1.165) is 49.7 Å². The fourth-order valence-electron chi connectivity index (χ4n) is 3.40. The molecular formula is C22H25N3O2. The van der Waals surface area contributed by atoms with E-state index in [-0.39, 0.29) is 0 Å². The van der Waals surface area contributed by atoms with Crippen molar-refractivity contribution in [3.63, 3.8) is 0 Å². The largest absolute Gasteiger partial charge is 0.457 e. The van der Waals surface area contributed by atoms with Crippen molar-refractivity contribution in [1.82, 2.24) is 14.9 Å². The third-order valence-electron chi connectivity index (χ3n) is 4.85. The highest BCUT2D eigenvalue weighted by atomic mass is 16.5. The summed E-state index contributed by atoms with van der Waals surface area (Å²) in [5.74, 6) is 1.75. The van der Waals surface area contributed by atoms with Crippen LogP contribution in [-0.2, 0) is 17.9 Å². The zero-order valence-electron chi connectivity index (χ0n) is 15.4. The van der Waals surface area contributed by atoms with E-state index < -0.39 is 0 Å². The van der Waals surface area contributed by atoms with Crippen LogP contribution in [0.5, 0.6) is 11.5 Å². The lowest BCUT2D eigenvalue weighted by molar-refractivity contribution is -0.00511. The first kappa shape index (κ1) is 17.8. The highest BCUT2D eigenvalue weighted by Gasteiger charge is 2.20. The van der Waals surface area contributed by atoms with Crippen LogP contribution in [0.15, 0.2) is 67.1 Å². The molecule has 3 aromatic rings. The zero-order chi connectivity index (χ0) is 18.3. The lowest BCUT2D eigenvalue weighted by atomic mass is 10.1. The smallest absolute Gasteiger partial charge is 0.127 e. The number of benzene rings is 2. The molecule has 2 aromatic carbocycles. The molecule has 0 unspecified atom stereocenters. The van der Waals surface area contributed by atoms with E-state index in [2.05, 4.69) is 33.1 Å². The number of likely N-dealkylation sites (tertiary alicyclic amines) is 1. The van der Waals surface area contributed by atoms with Gasteiger partial charge >= 0.3 is 0 Å². The third kappa shape index (κ3) is 5.18. The average molecular weight is 363 g/mol. The van der Waals surface area contributed by atoms with Crippen molar-refractivity contribution in [3.8, 4) is 11.5 Å². The number of rotatable bonds is 7. The van der Waals surface area contributed by atoms with Gasteiger partial charge in [-0.25, -0.2) is 4.98 Å². The molecule has 1 saturated heterocycles. The Labute approximate surface area is 160 Å². The predicted molar refractivity (Wildman–Crippen MR) is 105 cm³/mol. The number of hydrogen-bond donors (Lipinski definition) is 1. The number of hydrogen-bond acceptors (Lipinski definition) is 4. The van der Waals surface area contributed by atoms with Crippen LogP contribution < -0.4 is 4.74 Å². The minimum atomic E-state index is 0.331. The molecule has 0 radical (unpaired) electrons. The Morgan fingerprint density at radius 3 is 2.59 bits per heavy atom. The standard InChI is InChI=1S/C22H25N3O2/c1-2-6-21(7-3-1)27-22-8-4-5-18(13-22)15-25-11-9-20(10-12-25)26-16-19-14-23-17-24-19/h1-8,13-14,17,20H,9-12,15-16H2,(H,23,24). The summed E-state index contributed by atoms with van der Waals surface area (Å²) in [6.07, 6.45) is 5.97. The van der Waals surface area contributed by atoms with E-state index >= 15 is 0 Å². The predicted octanol–water partition coefficient (Wildman–Crippen LogP) is 4.38. The monoisotopic (exact) mass is 363 g/mol. The first-order valence-electron chi connectivity index (χ1n) is 9.48. The molecule has 0 spiro atoms. The fourth-order valence-corrected chi connectivity index (χ4v) is 3.40. The number of piperidine rings is 1. The average Bonchev–Trinajstić information content (AvgIpc) is 3.22. The van der Waals surface area contributed by atoms with Gasteiger partial charge in [-0.3, -0.25) is 4.90 Å². The second-order valence-corrected chi connectivity index (χ2v) is 6.93. The molecule has 5 heteroatoms. The van der Waals surface area contributed by atoms with Crippen LogP contribution in [0.4, 0.5) is 0 Å². The Balaban J connectivity index is 1.26. The molecule has 1 N–H and O–H groups in total. The summed E-state index contributed by atoms with van der Waals surface area (Å²) < 4.78 is 11.9. The van der Waals surface area contributed by atoms with Crippen LogP contribution in [-0.4, -0.2) is 34.1 Å². The Morgan fingerprint density at radius 2 is 1.81 bits per heavy atom. The number of para-hydroxylation sites is 1. The van der Waals surface area contributed by atoms with Crippen LogP contribution in [0.25, 0.3) is 0 Å². The maximum Gasteiger partial charge on any atom is 0.127 e. The number of ether oxygens (including phenoxy) is 2. The van der Waals surface area contributed by atoms with Crippen LogP contribution >= 0.6 is 0 Å². The van der Waals surface area contributed by atoms with Gasteiger partial charge in [0, 0.05) is 19.6 Å². The van der Waals surface area contributed by atoms with Crippen molar-refractivity contribution in [2.24, 2.45) is 0 Å². The van der Waals surface area contributed by atoms with Gasteiger partial charge in [-0.15, -0.1) is 0 Å². The number of nitrogens with one attached hydrogen (secondary N) is 1.